The van der Waals surface area contributed by atoms with Crippen LogP contribution in [0.4, 0.5) is 0 Å². The summed E-state index contributed by atoms with van der Waals surface area (Å²) in [6, 6.07) is 17.8. The van der Waals surface area contributed by atoms with Crippen LogP contribution in [0.3, 0.4) is 0 Å². The van der Waals surface area contributed by atoms with Crippen LogP contribution in [0.1, 0.15) is 27.8 Å². The van der Waals surface area contributed by atoms with Gasteiger partial charge < -0.3 is 9.97 Å². The van der Waals surface area contributed by atoms with Gasteiger partial charge in [0.1, 0.15) is 56.0 Å². The van der Waals surface area contributed by atoms with Crippen LogP contribution in [-0.2, 0) is 32.9 Å². The zero-order chi connectivity index (χ0) is 22.7. The van der Waals surface area contributed by atoms with Crippen molar-refractivity contribution >= 4 is 27.2 Å². The lowest BCUT2D eigenvalue weighted by Crippen LogP contribution is -2.07. The van der Waals surface area contributed by atoms with Crippen LogP contribution < -0.4 is 0 Å². The van der Waals surface area contributed by atoms with Crippen molar-refractivity contribution in [2.24, 2.45) is 0 Å². The highest BCUT2D eigenvalue weighted by atomic mass is 32.2. The average molecular weight is 471 g/mol. The van der Waals surface area contributed by atoms with Gasteiger partial charge in [0.15, 0.2) is 0 Å². The van der Waals surface area contributed by atoms with Gasteiger partial charge in [-0.2, -0.15) is 0 Å². The van der Waals surface area contributed by atoms with Crippen molar-refractivity contribution < 1.29 is 21.6 Å². The Morgan fingerprint density at radius 1 is 0.656 bits per heavy atom. The SMILES string of the molecule is O=C(c1[nH]c(C[SH](=O)=O)nc1-c1ccccc1)c1[nH]c(C[SH](=O)=O)nc1-c1ccccc1. The Morgan fingerprint density at radius 2 is 1.03 bits per heavy atom. The second kappa shape index (κ2) is 9.28. The van der Waals surface area contributed by atoms with E-state index in [1.807, 2.05) is 12.1 Å². The average Bonchev–Trinajstić information content (AvgIpc) is 3.38. The van der Waals surface area contributed by atoms with Crippen molar-refractivity contribution in [2.75, 3.05) is 0 Å². The lowest BCUT2D eigenvalue weighted by atomic mass is 10.0. The van der Waals surface area contributed by atoms with Gasteiger partial charge in [0.05, 0.1) is 11.4 Å². The summed E-state index contributed by atoms with van der Waals surface area (Å²) in [5.74, 6) is -0.945. The molecule has 2 N–H and O–H groups in total. The zero-order valence-corrected chi connectivity index (χ0v) is 18.3. The molecule has 164 valence electrons. The van der Waals surface area contributed by atoms with E-state index in [-0.39, 0.29) is 34.5 Å². The summed E-state index contributed by atoms with van der Waals surface area (Å²) in [6.07, 6.45) is 0. The molecule has 0 saturated heterocycles. The fraction of sp³-hybridized carbons (Fsp3) is 0.0952. The molecule has 32 heavy (non-hydrogen) atoms. The van der Waals surface area contributed by atoms with Gasteiger partial charge >= 0.3 is 0 Å². The quantitative estimate of drug-likeness (QED) is 0.228. The Kier molecular flexibility index (Phi) is 6.28. The molecule has 2 aromatic heterocycles. The maximum atomic E-state index is 13.6. The number of hydrogen-bond donors (Lipinski definition) is 4. The van der Waals surface area contributed by atoms with Crippen LogP contribution in [0, 0.1) is 0 Å². The lowest BCUT2D eigenvalue weighted by Gasteiger charge is -2.04. The van der Waals surface area contributed by atoms with Crippen LogP contribution >= 0.6 is 0 Å². The Morgan fingerprint density at radius 3 is 1.38 bits per heavy atom. The molecule has 0 fully saturated rings. The predicted octanol–water partition coefficient (Wildman–Crippen LogP) is 1.92. The molecule has 0 unspecified atom stereocenters. The molecule has 0 saturated carbocycles. The highest BCUT2D eigenvalue weighted by molar-refractivity contribution is 7.71. The topological polar surface area (TPSA) is 143 Å². The van der Waals surface area contributed by atoms with E-state index >= 15 is 0 Å². The molecule has 0 spiro atoms. The number of nitrogens with one attached hydrogen (secondary N) is 2. The summed E-state index contributed by atoms with van der Waals surface area (Å²) in [4.78, 5) is 27.9. The number of carbonyl (C=O) groups is 1. The number of thiol groups is 2. The highest BCUT2D eigenvalue weighted by Gasteiger charge is 2.26. The van der Waals surface area contributed by atoms with Gasteiger partial charge in [-0.3, -0.25) is 4.79 Å². The van der Waals surface area contributed by atoms with E-state index in [4.69, 9.17) is 0 Å². The van der Waals surface area contributed by atoms with Gasteiger partial charge in [-0.1, -0.05) is 60.7 Å². The normalized spacial score (nSPS) is 11.3. The van der Waals surface area contributed by atoms with E-state index in [2.05, 4.69) is 19.9 Å². The minimum Gasteiger partial charge on any atom is -0.338 e. The Bertz CT molecular complexity index is 1300. The van der Waals surface area contributed by atoms with E-state index < -0.39 is 27.2 Å². The number of imidazole rings is 2. The smallest absolute Gasteiger partial charge is 0.229 e. The van der Waals surface area contributed by atoms with Crippen LogP contribution in [0.5, 0.6) is 0 Å². The number of ketones is 1. The first-order valence-corrected chi connectivity index (χ1v) is 12.2. The lowest BCUT2D eigenvalue weighted by molar-refractivity contribution is 0.103. The summed E-state index contributed by atoms with van der Waals surface area (Å²) in [5.41, 5.74) is 2.02. The third kappa shape index (κ3) is 4.68. The standard InChI is InChI=1S/C21H18N4O5S2/c26-21(19-17(13-7-3-1-4-8-13)22-15(24-19)11-31(27)28)20-18(14-9-5-2-6-10-14)23-16(25-20)12-32(29)30/h1-10,31-32H,11-12H2,(H,22,24)(H,23,25). The number of carbonyl (C=O) groups excluding carboxylic acids is 1. The molecule has 2 aromatic carbocycles. The first kappa shape index (κ1) is 21.7. The van der Waals surface area contributed by atoms with E-state index in [1.54, 1.807) is 48.5 Å². The van der Waals surface area contributed by atoms with Gasteiger partial charge in [0.2, 0.25) is 5.78 Å². The van der Waals surface area contributed by atoms with Crippen molar-refractivity contribution in [1.29, 1.82) is 0 Å². The fourth-order valence-corrected chi connectivity index (χ4v) is 4.09. The second-order valence-corrected chi connectivity index (χ2v) is 8.82. The number of rotatable bonds is 8. The highest BCUT2D eigenvalue weighted by Crippen LogP contribution is 2.28. The Balaban J connectivity index is 1.87. The third-order valence-corrected chi connectivity index (χ3v) is 5.73. The molecule has 11 heteroatoms. The van der Waals surface area contributed by atoms with Crippen LogP contribution in [-0.4, -0.2) is 42.6 Å². The van der Waals surface area contributed by atoms with Crippen molar-refractivity contribution in [3.63, 3.8) is 0 Å². The van der Waals surface area contributed by atoms with Crippen LogP contribution in [0.15, 0.2) is 60.7 Å². The van der Waals surface area contributed by atoms with Gasteiger partial charge in [-0.15, -0.1) is 0 Å². The molecule has 0 bridgehead atoms. The molecule has 4 aromatic rings. The number of aromatic amines is 2. The molecule has 0 radical (unpaired) electrons. The number of aromatic nitrogens is 4. The van der Waals surface area contributed by atoms with Gasteiger partial charge in [0, 0.05) is 11.1 Å². The minimum absolute atomic E-state index is 0.0851. The maximum absolute atomic E-state index is 13.6. The first-order chi connectivity index (χ1) is 15.4. The van der Waals surface area contributed by atoms with Crippen molar-refractivity contribution in [3.8, 4) is 22.5 Å². The number of hydrogen-bond acceptors (Lipinski definition) is 7. The van der Waals surface area contributed by atoms with E-state index in [9.17, 15) is 21.6 Å². The number of nitrogens with zero attached hydrogens (tertiary/aromatic N) is 2. The van der Waals surface area contributed by atoms with Crippen molar-refractivity contribution in [2.45, 2.75) is 11.5 Å². The molecule has 0 atom stereocenters. The summed E-state index contributed by atoms with van der Waals surface area (Å²) < 4.78 is 44.9. The largest absolute Gasteiger partial charge is 0.338 e. The fourth-order valence-electron chi connectivity index (χ4n) is 3.30. The van der Waals surface area contributed by atoms with Crippen LogP contribution in [0.25, 0.3) is 22.5 Å². The first-order valence-electron chi connectivity index (χ1n) is 9.49. The van der Waals surface area contributed by atoms with Crippen molar-refractivity contribution in [3.05, 3.63) is 83.7 Å². The zero-order valence-electron chi connectivity index (χ0n) is 16.5. The predicted molar refractivity (Wildman–Crippen MR) is 120 cm³/mol. The molecule has 0 amide bonds. The van der Waals surface area contributed by atoms with E-state index in [0.29, 0.717) is 22.5 Å². The van der Waals surface area contributed by atoms with Crippen molar-refractivity contribution in [1.82, 2.24) is 19.9 Å². The molecular formula is C21H18N4O5S2. The maximum Gasteiger partial charge on any atom is 0.229 e. The number of benzene rings is 2. The van der Waals surface area contributed by atoms with E-state index in [0.717, 1.165) is 0 Å². The van der Waals surface area contributed by atoms with E-state index in [1.165, 1.54) is 0 Å². The third-order valence-electron chi connectivity index (χ3n) is 4.61. The van der Waals surface area contributed by atoms with Gasteiger partial charge in [0.25, 0.3) is 0 Å². The molecular weight excluding hydrogens is 452 g/mol. The second-order valence-electron chi connectivity index (χ2n) is 6.86. The summed E-state index contributed by atoms with van der Waals surface area (Å²) >= 11 is 0. The Labute approximate surface area is 186 Å². The monoisotopic (exact) mass is 470 g/mol. The molecule has 0 aliphatic carbocycles. The number of H-pyrrole nitrogens is 2. The molecule has 2 heterocycles. The minimum atomic E-state index is -2.76. The summed E-state index contributed by atoms with van der Waals surface area (Å²) in [5, 5.41) is 0. The molecule has 0 aliphatic rings. The molecule has 9 nitrogen and oxygen atoms in total. The van der Waals surface area contributed by atoms with Crippen LogP contribution in [0.2, 0.25) is 0 Å². The summed E-state index contributed by atoms with van der Waals surface area (Å²) in [6.45, 7) is 0. The Hall–Kier alpha value is -3.57. The molecule has 0 aliphatic heterocycles. The summed E-state index contributed by atoms with van der Waals surface area (Å²) in [7, 11) is -5.52. The molecule has 4 rings (SSSR count). The van der Waals surface area contributed by atoms with Gasteiger partial charge in [-0.25, -0.2) is 26.8 Å². The van der Waals surface area contributed by atoms with Gasteiger partial charge in [-0.05, 0) is 0 Å².